The minimum absolute atomic E-state index is 0.0925. The van der Waals surface area contributed by atoms with Crippen molar-refractivity contribution in [2.75, 3.05) is 6.61 Å². The van der Waals surface area contributed by atoms with Crippen LogP contribution in [0.3, 0.4) is 0 Å². The molecule has 0 radical (unpaired) electrons. The maximum absolute atomic E-state index is 13.4. The van der Waals surface area contributed by atoms with E-state index < -0.39 is 10.0 Å². The van der Waals surface area contributed by atoms with Gasteiger partial charge >= 0.3 is 0 Å². The van der Waals surface area contributed by atoms with Gasteiger partial charge in [-0.05, 0) is 62.4 Å². The third-order valence-corrected chi connectivity index (χ3v) is 7.24. The van der Waals surface area contributed by atoms with Crippen molar-refractivity contribution >= 4 is 21.4 Å². The molecule has 0 unspecified atom stereocenters. The van der Waals surface area contributed by atoms with Gasteiger partial charge in [-0.15, -0.1) is 11.3 Å². The lowest BCUT2D eigenvalue weighted by Crippen LogP contribution is -2.30. The van der Waals surface area contributed by atoms with Crippen molar-refractivity contribution in [2.45, 2.75) is 31.8 Å². The first-order valence-corrected chi connectivity index (χ1v) is 12.0. The molecule has 0 bridgehead atoms. The van der Waals surface area contributed by atoms with Crippen molar-refractivity contribution in [1.29, 1.82) is 0 Å². The summed E-state index contributed by atoms with van der Waals surface area (Å²) < 4.78 is 44.6. The van der Waals surface area contributed by atoms with E-state index in [1.54, 1.807) is 36.4 Å². The summed E-state index contributed by atoms with van der Waals surface area (Å²) in [5.41, 5.74) is 0.634. The van der Waals surface area contributed by atoms with E-state index in [0.29, 0.717) is 34.6 Å². The lowest BCUT2D eigenvalue weighted by Gasteiger charge is -2.20. The van der Waals surface area contributed by atoms with E-state index in [1.165, 1.54) is 21.9 Å². The van der Waals surface area contributed by atoms with Gasteiger partial charge in [0.15, 0.2) is 10.8 Å². The molecule has 162 valence electrons. The average Bonchev–Trinajstić information content (AvgIpc) is 3.50. The molecule has 7 nitrogen and oxygen atoms in total. The zero-order chi connectivity index (χ0) is 21.8. The molecule has 3 aromatic heterocycles. The fourth-order valence-corrected chi connectivity index (χ4v) is 5.20. The number of hydrogen-bond acceptors (Lipinski definition) is 7. The zero-order valence-corrected chi connectivity index (χ0v) is 18.8. The highest BCUT2D eigenvalue weighted by Crippen LogP contribution is 2.28. The Balaban J connectivity index is 1.62. The highest BCUT2D eigenvalue weighted by Gasteiger charge is 2.27. The Bertz CT molecular complexity index is 1230. The van der Waals surface area contributed by atoms with Crippen molar-refractivity contribution in [3.63, 3.8) is 0 Å². The molecule has 0 aliphatic rings. The summed E-state index contributed by atoms with van der Waals surface area (Å²) in [6, 6.07) is 13.6. The van der Waals surface area contributed by atoms with Crippen LogP contribution < -0.4 is 4.74 Å². The maximum atomic E-state index is 13.4. The fourth-order valence-electron chi connectivity index (χ4n) is 3.05. The number of aromatic nitrogens is 1. The molecule has 0 fully saturated rings. The monoisotopic (exact) mass is 458 g/mol. The molecule has 0 amide bonds. The Morgan fingerprint density at radius 1 is 1.10 bits per heavy atom. The van der Waals surface area contributed by atoms with Crippen molar-refractivity contribution in [3.05, 3.63) is 77.4 Å². The van der Waals surface area contributed by atoms with E-state index >= 15 is 0 Å². The lowest BCUT2D eigenvalue weighted by molar-refractivity contribution is 0.339. The Hall–Kier alpha value is -2.88. The first-order chi connectivity index (χ1) is 15.0. The summed E-state index contributed by atoms with van der Waals surface area (Å²) >= 11 is 1.41. The number of aryl methyl sites for hydroxylation is 1. The van der Waals surface area contributed by atoms with Crippen LogP contribution in [0.4, 0.5) is 0 Å². The normalized spacial score (nSPS) is 11.8. The first-order valence-electron chi connectivity index (χ1n) is 9.72. The van der Waals surface area contributed by atoms with Crippen LogP contribution in [0, 0.1) is 6.92 Å². The number of benzene rings is 1. The molecule has 0 N–H and O–H groups in total. The number of furan rings is 2. The van der Waals surface area contributed by atoms with E-state index in [1.807, 2.05) is 31.4 Å². The summed E-state index contributed by atoms with van der Waals surface area (Å²) in [7, 11) is -3.80. The quantitative estimate of drug-likeness (QED) is 0.347. The molecule has 1 aromatic carbocycles. The first kappa shape index (κ1) is 21.4. The van der Waals surface area contributed by atoms with Crippen LogP contribution in [0.1, 0.15) is 24.1 Å². The second kappa shape index (κ2) is 9.09. The number of rotatable bonds is 9. The highest BCUT2D eigenvalue weighted by molar-refractivity contribution is 7.89. The number of hydrogen-bond donors (Lipinski definition) is 0. The Morgan fingerprint density at radius 3 is 2.55 bits per heavy atom. The smallest absolute Gasteiger partial charge is 0.243 e. The highest BCUT2D eigenvalue weighted by atomic mass is 32.2. The molecule has 3 heterocycles. The van der Waals surface area contributed by atoms with Gasteiger partial charge in [0, 0.05) is 5.38 Å². The molecule has 0 aliphatic heterocycles. The third kappa shape index (κ3) is 4.90. The Morgan fingerprint density at radius 2 is 1.90 bits per heavy atom. The van der Waals surface area contributed by atoms with E-state index in [0.717, 1.165) is 5.76 Å². The van der Waals surface area contributed by atoms with Crippen LogP contribution in [-0.4, -0.2) is 24.3 Å². The predicted octanol–water partition coefficient (Wildman–Crippen LogP) is 5.09. The summed E-state index contributed by atoms with van der Waals surface area (Å²) in [6.07, 6.45) is 1.53. The summed E-state index contributed by atoms with van der Waals surface area (Å²) in [5, 5.41) is 2.55. The molecule has 4 rings (SSSR count). The summed E-state index contributed by atoms with van der Waals surface area (Å²) in [5.74, 6) is 2.63. The van der Waals surface area contributed by atoms with Crippen molar-refractivity contribution in [3.8, 4) is 16.5 Å². The van der Waals surface area contributed by atoms with Crippen LogP contribution in [0.15, 0.2) is 73.9 Å². The SMILES string of the molecule is CCOc1ccc(S(=O)(=O)N(Cc2csc(-c3ccc(C)o3)n2)Cc2ccco2)cc1. The van der Waals surface area contributed by atoms with Gasteiger partial charge in [-0.25, -0.2) is 13.4 Å². The summed E-state index contributed by atoms with van der Waals surface area (Å²) in [6.45, 7) is 4.45. The molecule has 0 spiro atoms. The van der Waals surface area contributed by atoms with Gasteiger partial charge in [-0.1, -0.05) is 0 Å². The van der Waals surface area contributed by atoms with Crippen LogP contribution in [0.2, 0.25) is 0 Å². The number of ether oxygens (including phenoxy) is 1. The van der Waals surface area contributed by atoms with E-state index in [9.17, 15) is 8.42 Å². The summed E-state index contributed by atoms with van der Waals surface area (Å²) in [4.78, 5) is 4.76. The van der Waals surface area contributed by atoms with Crippen LogP contribution >= 0.6 is 11.3 Å². The fraction of sp³-hybridized carbons (Fsp3) is 0.227. The third-order valence-electron chi connectivity index (χ3n) is 4.53. The Kier molecular flexibility index (Phi) is 6.26. The van der Waals surface area contributed by atoms with Crippen LogP contribution in [0.5, 0.6) is 5.75 Å². The molecule has 9 heteroatoms. The molecule has 0 aliphatic carbocycles. The number of nitrogens with zero attached hydrogens (tertiary/aromatic N) is 2. The minimum atomic E-state index is -3.80. The number of sulfonamides is 1. The topological polar surface area (TPSA) is 85.8 Å². The molecular formula is C22H22N2O5S2. The van der Waals surface area contributed by atoms with Crippen molar-refractivity contribution in [2.24, 2.45) is 0 Å². The second-order valence-electron chi connectivity index (χ2n) is 6.81. The van der Waals surface area contributed by atoms with Gasteiger partial charge in [0.25, 0.3) is 0 Å². The Labute approximate surface area is 185 Å². The van der Waals surface area contributed by atoms with E-state index in [2.05, 4.69) is 4.98 Å². The molecular weight excluding hydrogens is 436 g/mol. The van der Waals surface area contributed by atoms with Gasteiger partial charge in [-0.2, -0.15) is 4.31 Å². The average molecular weight is 459 g/mol. The van der Waals surface area contributed by atoms with Crippen molar-refractivity contribution < 1.29 is 22.0 Å². The molecule has 4 aromatic rings. The molecule has 0 saturated carbocycles. The maximum Gasteiger partial charge on any atom is 0.243 e. The zero-order valence-electron chi connectivity index (χ0n) is 17.1. The van der Waals surface area contributed by atoms with Gasteiger partial charge in [0.1, 0.15) is 17.3 Å². The van der Waals surface area contributed by atoms with E-state index in [-0.39, 0.29) is 18.0 Å². The minimum Gasteiger partial charge on any atom is -0.494 e. The van der Waals surface area contributed by atoms with Crippen molar-refractivity contribution in [1.82, 2.24) is 9.29 Å². The largest absolute Gasteiger partial charge is 0.494 e. The predicted molar refractivity (Wildman–Crippen MR) is 117 cm³/mol. The van der Waals surface area contributed by atoms with Gasteiger partial charge < -0.3 is 13.6 Å². The van der Waals surface area contributed by atoms with E-state index in [4.69, 9.17) is 13.6 Å². The van der Waals surface area contributed by atoms with Gasteiger partial charge in [0.2, 0.25) is 10.0 Å². The van der Waals surface area contributed by atoms with Gasteiger partial charge in [-0.3, -0.25) is 0 Å². The van der Waals surface area contributed by atoms with Gasteiger partial charge in [0.05, 0.1) is 36.5 Å². The van der Waals surface area contributed by atoms with Crippen LogP contribution in [-0.2, 0) is 23.1 Å². The lowest BCUT2D eigenvalue weighted by atomic mass is 10.3. The second-order valence-corrected chi connectivity index (χ2v) is 9.61. The molecule has 0 atom stereocenters. The molecule has 0 saturated heterocycles. The number of thiazole rings is 1. The van der Waals surface area contributed by atoms with Crippen LogP contribution in [0.25, 0.3) is 10.8 Å². The standard InChI is InChI=1S/C22H22N2O5S2/c1-3-27-18-7-9-20(10-8-18)31(25,26)24(14-19-5-4-12-28-19)13-17-15-30-22(23-17)21-11-6-16(2)29-21/h4-12,15H,3,13-14H2,1-2H3. The molecule has 31 heavy (non-hydrogen) atoms.